The fourth-order valence-electron chi connectivity index (χ4n) is 3.39. The molecule has 1 aromatic rings. The third-order valence-corrected chi connectivity index (χ3v) is 5.45. The molecule has 1 N–H and O–H groups in total. The third-order valence-electron chi connectivity index (χ3n) is 5.45. The lowest BCUT2D eigenvalue weighted by Gasteiger charge is -2.34. The minimum Gasteiger partial charge on any atom is -0.338 e. The summed E-state index contributed by atoms with van der Waals surface area (Å²) in [4.78, 5) is 28.2. The molecule has 1 aliphatic heterocycles. The average Bonchev–Trinajstić information content (AvgIpc) is 3.46. The zero-order valence-corrected chi connectivity index (χ0v) is 14.9. The van der Waals surface area contributed by atoms with Crippen LogP contribution in [0, 0.1) is 11.7 Å². The molecule has 0 radical (unpaired) electrons. The molecule has 136 valence electrons. The summed E-state index contributed by atoms with van der Waals surface area (Å²) in [6.45, 7) is 3.15. The highest BCUT2D eigenvalue weighted by Crippen LogP contribution is 2.34. The number of hydrogen-bond donors (Lipinski definition) is 1. The van der Waals surface area contributed by atoms with Gasteiger partial charge in [0.1, 0.15) is 5.82 Å². The van der Waals surface area contributed by atoms with E-state index in [2.05, 4.69) is 12.2 Å². The van der Waals surface area contributed by atoms with E-state index in [1.165, 1.54) is 25.0 Å². The maximum Gasteiger partial charge on any atom is 0.317 e. The predicted octanol–water partition coefficient (Wildman–Crippen LogP) is 2.87. The van der Waals surface area contributed by atoms with E-state index in [1.807, 2.05) is 7.05 Å². The minimum absolute atomic E-state index is 0.0433. The number of hydrogen-bond acceptors (Lipinski definition) is 2. The Bertz CT molecular complexity index is 639. The second kappa shape index (κ2) is 7.42. The normalized spacial score (nSPS) is 19.4. The van der Waals surface area contributed by atoms with Crippen LogP contribution in [-0.4, -0.2) is 54.0 Å². The van der Waals surface area contributed by atoms with Crippen molar-refractivity contribution in [1.29, 1.82) is 0 Å². The summed E-state index contributed by atoms with van der Waals surface area (Å²) in [5.41, 5.74) is 0.114. The lowest BCUT2D eigenvalue weighted by molar-refractivity contribution is 0.0701. The Morgan fingerprint density at radius 1 is 1.20 bits per heavy atom. The molecule has 0 bridgehead atoms. The summed E-state index contributed by atoms with van der Waals surface area (Å²) in [6, 6.07) is 6.34. The van der Waals surface area contributed by atoms with Gasteiger partial charge in [-0.05, 0) is 50.7 Å². The Hall–Kier alpha value is -2.11. The topological polar surface area (TPSA) is 52.7 Å². The van der Waals surface area contributed by atoms with E-state index in [9.17, 15) is 14.0 Å². The summed E-state index contributed by atoms with van der Waals surface area (Å²) in [6.07, 6.45) is 3.79. The third kappa shape index (κ3) is 4.11. The number of urea groups is 1. The number of likely N-dealkylation sites (tertiary alicyclic amines) is 1. The first-order valence-electron chi connectivity index (χ1n) is 9.04. The van der Waals surface area contributed by atoms with Gasteiger partial charge in [0.2, 0.25) is 0 Å². The van der Waals surface area contributed by atoms with Crippen LogP contribution in [0.1, 0.15) is 43.0 Å². The van der Waals surface area contributed by atoms with Crippen molar-refractivity contribution in [2.75, 3.05) is 20.1 Å². The van der Waals surface area contributed by atoms with Crippen LogP contribution >= 0.6 is 0 Å². The number of carbonyl (C=O) groups is 2. The van der Waals surface area contributed by atoms with Crippen molar-refractivity contribution >= 4 is 11.9 Å². The molecule has 1 aliphatic carbocycles. The molecule has 1 aromatic carbocycles. The molecule has 2 aliphatic rings. The zero-order valence-electron chi connectivity index (χ0n) is 14.9. The number of rotatable bonds is 4. The quantitative estimate of drug-likeness (QED) is 0.910. The van der Waals surface area contributed by atoms with Crippen molar-refractivity contribution in [3.05, 3.63) is 35.6 Å². The second-order valence-electron chi connectivity index (χ2n) is 7.18. The fourth-order valence-corrected chi connectivity index (χ4v) is 3.39. The number of benzene rings is 1. The van der Waals surface area contributed by atoms with E-state index in [0.717, 1.165) is 0 Å². The SMILES string of the molecule is CC(C1CC1)N(C)C(=O)NC1CCN(C(=O)c2ccccc2F)CC1. The molecule has 1 saturated heterocycles. The second-order valence-corrected chi connectivity index (χ2v) is 7.18. The largest absolute Gasteiger partial charge is 0.338 e. The Balaban J connectivity index is 1.49. The minimum atomic E-state index is -0.487. The maximum absolute atomic E-state index is 13.8. The molecular formula is C19H26FN3O2. The Kier molecular flexibility index (Phi) is 5.25. The molecule has 0 aromatic heterocycles. The summed E-state index contributed by atoms with van der Waals surface area (Å²) in [5.74, 6) is -0.128. The van der Waals surface area contributed by atoms with Crippen molar-refractivity contribution in [2.45, 2.75) is 44.7 Å². The lowest BCUT2D eigenvalue weighted by Crippen LogP contribution is -2.51. The number of nitrogens with one attached hydrogen (secondary N) is 1. The first kappa shape index (κ1) is 17.7. The molecular weight excluding hydrogens is 321 g/mol. The number of amides is 3. The van der Waals surface area contributed by atoms with Gasteiger partial charge >= 0.3 is 6.03 Å². The summed E-state index contributed by atoms with van der Waals surface area (Å²) < 4.78 is 13.8. The summed E-state index contributed by atoms with van der Waals surface area (Å²) in [7, 11) is 1.84. The van der Waals surface area contributed by atoms with E-state index in [4.69, 9.17) is 0 Å². The van der Waals surface area contributed by atoms with Crippen LogP contribution in [-0.2, 0) is 0 Å². The Morgan fingerprint density at radius 3 is 2.44 bits per heavy atom. The molecule has 3 rings (SSSR count). The fraction of sp³-hybridized carbons (Fsp3) is 0.579. The van der Waals surface area contributed by atoms with Gasteiger partial charge in [0, 0.05) is 32.2 Å². The van der Waals surface area contributed by atoms with Crippen molar-refractivity contribution < 1.29 is 14.0 Å². The van der Waals surface area contributed by atoms with Gasteiger partial charge in [-0.3, -0.25) is 4.79 Å². The van der Waals surface area contributed by atoms with Crippen LogP contribution < -0.4 is 5.32 Å². The summed E-state index contributed by atoms with van der Waals surface area (Å²) >= 11 is 0. The van der Waals surface area contributed by atoms with Gasteiger partial charge in [-0.1, -0.05) is 12.1 Å². The number of carbonyl (C=O) groups excluding carboxylic acids is 2. The number of halogens is 1. The number of piperidine rings is 1. The van der Waals surface area contributed by atoms with E-state index in [0.29, 0.717) is 31.8 Å². The van der Waals surface area contributed by atoms with Gasteiger partial charge in [-0.25, -0.2) is 9.18 Å². The molecule has 1 heterocycles. The zero-order chi connectivity index (χ0) is 18.0. The highest BCUT2D eigenvalue weighted by Gasteiger charge is 2.33. The van der Waals surface area contributed by atoms with Crippen LogP contribution in [0.2, 0.25) is 0 Å². The van der Waals surface area contributed by atoms with Crippen molar-refractivity contribution in [2.24, 2.45) is 5.92 Å². The Labute approximate surface area is 148 Å². The van der Waals surface area contributed by atoms with Crippen molar-refractivity contribution in [3.8, 4) is 0 Å². The molecule has 6 heteroatoms. The Morgan fingerprint density at radius 2 is 1.84 bits per heavy atom. The van der Waals surface area contributed by atoms with Crippen LogP contribution in [0.5, 0.6) is 0 Å². The molecule has 1 unspecified atom stereocenters. The molecule has 3 amide bonds. The van der Waals surface area contributed by atoms with Gasteiger partial charge in [-0.15, -0.1) is 0 Å². The van der Waals surface area contributed by atoms with Crippen LogP contribution in [0.15, 0.2) is 24.3 Å². The lowest BCUT2D eigenvalue weighted by atomic mass is 10.0. The van der Waals surface area contributed by atoms with Gasteiger partial charge in [-0.2, -0.15) is 0 Å². The molecule has 5 nitrogen and oxygen atoms in total. The molecule has 1 atom stereocenters. The highest BCUT2D eigenvalue weighted by molar-refractivity contribution is 5.94. The average molecular weight is 347 g/mol. The number of nitrogens with zero attached hydrogens (tertiary/aromatic N) is 2. The van der Waals surface area contributed by atoms with Crippen molar-refractivity contribution in [3.63, 3.8) is 0 Å². The standard InChI is InChI=1S/C19H26FN3O2/c1-13(14-7-8-14)22(2)19(25)21-15-9-11-23(12-10-15)18(24)16-5-3-4-6-17(16)20/h3-6,13-15H,7-12H2,1-2H3,(H,21,25). The monoisotopic (exact) mass is 347 g/mol. The molecule has 0 spiro atoms. The van der Waals surface area contributed by atoms with Crippen molar-refractivity contribution in [1.82, 2.24) is 15.1 Å². The van der Waals surface area contributed by atoms with Crippen LogP contribution in [0.3, 0.4) is 0 Å². The van der Waals surface area contributed by atoms with Gasteiger partial charge in [0.15, 0.2) is 0 Å². The molecule has 2 fully saturated rings. The van der Waals surface area contributed by atoms with Gasteiger partial charge < -0.3 is 15.1 Å². The van der Waals surface area contributed by atoms with E-state index in [1.54, 1.807) is 21.9 Å². The first-order valence-corrected chi connectivity index (χ1v) is 9.04. The smallest absolute Gasteiger partial charge is 0.317 e. The van der Waals surface area contributed by atoms with E-state index in [-0.39, 0.29) is 29.6 Å². The summed E-state index contributed by atoms with van der Waals surface area (Å²) in [5, 5.41) is 3.07. The molecule has 1 saturated carbocycles. The van der Waals surface area contributed by atoms with Crippen LogP contribution in [0.4, 0.5) is 9.18 Å². The van der Waals surface area contributed by atoms with Crippen LogP contribution in [0.25, 0.3) is 0 Å². The van der Waals surface area contributed by atoms with Gasteiger partial charge in [0.05, 0.1) is 5.56 Å². The van der Waals surface area contributed by atoms with E-state index < -0.39 is 5.82 Å². The predicted molar refractivity (Wildman–Crippen MR) is 93.8 cm³/mol. The first-order chi connectivity index (χ1) is 12.0. The van der Waals surface area contributed by atoms with E-state index >= 15 is 0 Å². The maximum atomic E-state index is 13.8. The highest BCUT2D eigenvalue weighted by atomic mass is 19.1. The molecule has 25 heavy (non-hydrogen) atoms. The van der Waals surface area contributed by atoms with Gasteiger partial charge in [0.25, 0.3) is 5.91 Å².